The summed E-state index contributed by atoms with van der Waals surface area (Å²) in [7, 11) is 0. The summed E-state index contributed by atoms with van der Waals surface area (Å²) in [6.07, 6.45) is 1.81. The molecular formula is C22H21Cl3N4OS. The van der Waals surface area contributed by atoms with Crippen molar-refractivity contribution in [2.24, 2.45) is 0 Å². The second-order valence-corrected chi connectivity index (χ2v) is 9.48. The predicted molar refractivity (Wildman–Crippen MR) is 126 cm³/mol. The Bertz CT molecular complexity index is 1090. The van der Waals surface area contributed by atoms with Gasteiger partial charge in [-0.3, -0.25) is 4.79 Å². The number of hydrogen-bond acceptors (Lipinski definition) is 4. The van der Waals surface area contributed by atoms with Crippen LogP contribution >= 0.6 is 46.6 Å². The number of likely N-dealkylation sites (tertiary alicyclic amines) is 1. The lowest BCUT2D eigenvalue weighted by atomic mass is 10.1. The lowest BCUT2D eigenvalue weighted by molar-refractivity contribution is 0.0727. The molecule has 0 saturated carbocycles. The van der Waals surface area contributed by atoms with Crippen LogP contribution < -0.4 is 0 Å². The number of amides is 1. The van der Waals surface area contributed by atoms with Gasteiger partial charge in [-0.05, 0) is 61.7 Å². The van der Waals surface area contributed by atoms with E-state index in [0.717, 1.165) is 35.9 Å². The van der Waals surface area contributed by atoms with Crippen molar-refractivity contribution in [2.75, 3.05) is 6.54 Å². The largest absolute Gasteiger partial charge is 0.328 e. The second kappa shape index (κ2) is 9.82. The summed E-state index contributed by atoms with van der Waals surface area (Å²) in [4.78, 5) is 15.0. The van der Waals surface area contributed by atoms with Gasteiger partial charge in [0.05, 0.1) is 16.1 Å². The zero-order chi connectivity index (χ0) is 22.0. The van der Waals surface area contributed by atoms with E-state index >= 15 is 0 Å². The molecule has 2 heterocycles. The normalized spacial score (nSPS) is 16.1. The molecule has 2 aromatic carbocycles. The zero-order valence-corrected chi connectivity index (χ0v) is 20.0. The van der Waals surface area contributed by atoms with Crippen LogP contribution in [-0.2, 0) is 12.3 Å². The summed E-state index contributed by atoms with van der Waals surface area (Å²) < 4.78 is 2.10. The molecule has 1 fully saturated rings. The summed E-state index contributed by atoms with van der Waals surface area (Å²) in [5.74, 6) is 1.53. The van der Waals surface area contributed by atoms with Crippen molar-refractivity contribution < 1.29 is 4.79 Å². The van der Waals surface area contributed by atoms with Crippen LogP contribution in [-0.4, -0.2) is 32.1 Å². The van der Waals surface area contributed by atoms with E-state index in [1.165, 1.54) is 0 Å². The van der Waals surface area contributed by atoms with Crippen LogP contribution in [0.15, 0.2) is 47.6 Å². The highest BCUT2D eigenvalue weighted by Crippen LogP contribution is 2.35. The van der Waals surface area contributed by atoms with Gasteiger partial charge in [-0.2, -0.15) is 0 Å². The summed E-state index contributed by atoms with van der Waals surface area (Å²) in [5, 5.41) is 11.4. The number of rotatable bonds is 6. The molecule has 0 aliphatic carbocycles. The van der Waals surface area contributed by atoms with Gasteiger partial charge in [0.15, 0.2) is 11.0 Å². The maximum Gasteiger partial charge on any atom is 0.254 e. The minimum Gasteiger partial charge on any atom is -0.328 e. The Hall–Kier alpha value is -1.73. The van der Waals surface area contributed by atoms with Crippen molar-refractivity contribution in [1.82, 2.24) is 19.7 Å². The highest BCUT2D eigenvalue weighted by Gasteiger charge is 2.34. The Morgan fingerprint density at radius 1 is 1.10 bits per heavy atom. The first kappa shape index (κ1) is 22.5. The van der Waals surface area contributed by atoms with E-state index in [4.69, 9.17) is 34.8 Å². The zero-order valence-electron chi connectivity index (χ0n) is 16.9. The summed E-state index contributed by atoms with van der Waals surface area (Å²) >= 11 is 19.7. The third-order valence-electron chi connectivity index (χ3n) is 5.32. The number of carbonyl (C=O) groups excluding carboxylic acids is 1. The fraction of sp³-hybridized carbons (Fsp3) is 0.318. The van der Waals surface area contributed by atoms with Crippen molar-refractivity contribution in [2.45, 2.75) is 43.3 Å². The molecule has 3 aromatic rings. The van der Waals surface area contributed by atoms with Crippen molar-refractivity contribution in [1.29, 1.82) is 0 Å². The third kappa shape index (κ3) is 4.87. The van der Waals surface area contributed by atoms with E-state index in [2.05, 4.69) is 21.7 Å². The molecule has 5 nitrogen and oxygen atoms in total. The summed E-state index contributed by atoms with van der Waals surface area (Å²) in [6, 6.07) is 12.6. The van der Waals surface area contributed by atoms with E-state index in [1.807, 2.05) is 17.0 Å². The number of hydrogen-bond donors (Lipinski definition) is 0. The van der Waals surface area contributed by atoms with Crippen molar-refractivity contribution in [3.63, 3.8) is 0 Å². The van der Waals surface area contributed by atoms with Gasteiger partial charge in [-0.25, -0.2) is 0 Å². The number of aromatic nitrogens is 3. The number of carbonyl (C=O) groups is 1. The average molecular weight is 496 g/mol. The van der Waals surface area contributed by atoms with Gasteiger partial charge in [0, 0.05) is 29.4 Å². The van der Waals surface area contributed by atoms with Gasteiger partial charge < -0.3 is 9.47 Å². The lowest BCUT2D eigenvalue weighted by Crippen LogP contribution is -2.32. The molecule has 1 aromatic heterocycles. The van der Waals surface area contributed by atoms with E-state index in [9.17, 15) is 4.79 Å². The smallest absolute Gasteiger partial charge is 0.254 e. The molecule has 1 aliphatic rings. The molecule has 162 valence electrons. The molecule has 0 spiro atoms. The Morgan fingerprint density at radius 2 is 1.87 bits per heavy atom. The molecule has 1 unspecified atom stereocenters. The van der Waals surface area contributed by atoms with Crippen molar-refractivity contribution in [3.8, 4) is 0 Å². The number of benzene rings is 2. The topological polar surface area (TPSA) is 51.0 Å². The van der Waals surface area contributed by atoms with Crippen LogP contribution in [0.3, 0.4) is 0 Å². The van der Waals surface area contributed by atoms with Crippen LogP contribution in [0.1, 0.15) is 47.6 Å². The van der Waals surface area contributed by atoms with Gasteiger partial charge in [-0.1, -0.05) is 52.6 Å². The number of nitrogens with zero attached hydrogens (tertiary/aromatic N) is 4. The molecule has 4 rings (SSSR count). The van der Waals surface area contributed by atoms with Crippen LogP contribution in [0.5, 0.6) is 0 Å². The van der Waals surface area contributed by atoms with Crippen LogP contribution in [0.2, 0.25) is 15.1 Å². The molecule has 1 saturated heterocycles. The quantitative estimate of drug-likeness (QED) is 0.365. The summed E-state index contributed by atoms with van der Waals surface area (Å²) in [5.41, 5.74) is 1.69. The van der Waals surface area contributed by atoms with Gasteiger partial charge in [0.2, 0.25) is 0 Å². The summed E-state index contributed by atoms with van der Waals surface area (Å²) in [6.45, 7) is 3.50. The number of halogens is 3. The molecule has 1 aliphatic heterocycles. The highest BCUT2D eigenvalue weighted by atomic mass is 35.5. The molecule has 1 amide bonds. The molecule has 31 heavy (non-hydrogen) atoms. The number of thioether (sulfide) groups is 1. The first-order valence-corrected chi connectivity index (χ1v) is 12.2. The highest BCUT2D eigenvalue weighted by molar-refractivity contribution is 7.98. The molecular weight excluding hydrogens is 475 g/mol. The van der Waals surface area contributed by atoms with Gasteiger partial charge in [0.25, 0.3) is 5.91 Å². The van der Waals surface area contributed by atoms with E-state index in [1.54, 1.807) is 42.1 Å². The Labute approximate surface area is 200 Å². The minimum absolute atomic E-state index is 0.00479. The molecule has 9 heteroatoms. The molecule has 0 radical (unpaired) electrons. The first-order valence-electron chi connectivity index (χ1n) is 10.0. The average Bonchev–Trinajstić information content (AvgIpc) is 3.41. The maximum atomic E-state index is 13.1. The molecule has 0 N–H and O–H groups in total. The van der Waals surface area contributed by atoms with Crippen molar-refractivity contribution in [3.05, 3.63) is 74.5 Å². The van der Waals surface area contributed by atoms with Crippen molar-refractivity contribution >= 4 is 52.5 Å². The maximum absolute atomic E-state index is 13.1. The van der Waals surface area contributed by atoms with Crippen LogP contribution in [0.4, 0.5) is 0 Å². The van der Waals surface area contributed by atoms with Gasteiger partial charge >= 0.3 is 0 Å². The minimum atomic E-state index is -0.0880. The standard InChI is InChI=1S/C22H21Cl3N4OS/c1-2-28-20(26-27-22(28)31-13-14-5-10-17(24)18(25)12-14)19-4-3-11-29(19)21(30)15-6-8-16(23)9-7-15/h5-10,12,19H,2-4,11,13H2,1H3. The Morgan fingerprint density at radius 3 is 2.58 bits per heavy atom. The predicted octanol–water partition coefficient (Wildman–Crippen LogP) is 6.53. The molecule has 1 atom stereocenters. The van der Waals surface area contributed by atoms with Crippen LogP contribution in [0, 0.1) is 0 Å². The van der Waals surface area contributed by atoms with E-state index in [0.29, 0.717) is 32.9 Å². The monoisotopic (exact) mass is 494 g/mol. The Kier molecular flexibility index (Phi) is 7.12. The van der Waals surface area contributed by atoms with Crippen LogP contribution in [0.25, 0.3) is 0 Å². The lowest BCUT2D eigenvalue weighted by Gasteiger charge is -2.24. The van der Waals surface area contributed by atoms with Gasteiger partial charge in [0.1, 0.15) is 0 Å². The first-order chi connectivity index (χ1) is 15.0. The molecule has 0 bridgehead atoms. The third-order valence-corrected chi connectivity index (χ3v) is 7.35. The van der Waals surface area contributed by atoms with E-state index in [-0.39, 0.29) is 11.9 Å². The fourth-order valence-electron chi connectivity index (χ4n) is 3.76. The SMILES string of the molecule is CCn1c(SCc2ccc(Cl)c(Cl)c2)nnc1C1CCCN1C(=O)c1ccc(Cl)cc1. The fourth-order valence-corrected chi connectivity index (χ4v) is 5.16. The van der Waals surface area contributed by atoms with Gasteiger partial charge in [-0.15, -0.1) is 10.2 Å². The van der Waals surface area contributed by atoms with E-state index < -0.39 is 0 Å². The second-order valence-electron chi connectivity index (χ2n) is 7.29. The Balaban J connectivity index is 1.53.